The second-order valence-electron chi connectivity index (χ2n) is 5.98. The standard InChI is InChI=1S/C16H24N4O3/c1-2-3-6-17-14(21)13-11-18-15(19-12-13)20-7-4-16(5-8-20)22-9-10-23-16/h11-12H,2-10H2,1H3,(H,17,21). The van der Waals surface area contributed by atoms with Crippen LogP contribution in [0.15, 0.2) is 12.4 Å². The van der Waals surface area contributed by atoms with E-state index in [4.69, 9.17) is 9.47 Å². The van der Waals surface area contributed by atoms with Crippen LogP contribution in [-0.2, 0) is 9.47 Å². The molecule has 1 spiro atoms. The van der Waals surface area contributed by atoms with E-state index in [1.54, 1.807) is 12.4 Å². The molecule has 2 saturated heterocycles. The van der Waals surface area contributed by atoms with Crippen LogP contribution in [0.25, 0.3) is 0 Å². The third kappa shape index (κ3) is 3.79. The summed E-state index contributed by atoms with van der Waals surface area (Å²) in [6.45, 7) is 5.72. The summed E-state index contributed by atoms with van der Waals surface area (Å²) >= 11 is 0. The lowest BCUT2D eigenvalue weighted by Crippen LogP contribution is -2.45. The van der Waals surface area contributed by atoms with Crippen LogP contribution in [0.5, 0.6) is 0 Å². The molecule has 2 aliphatic rings. The van der Waals surface area contributed by atoms with Crippen LogP contribution in [0.2, 0.25) is 0 Å². The first-order valence-electron chi connectivity index (χ1n) is 8.35. The maximum absolute atomic E-state index is 11.9. The van der Waals surface area contributed by atoms with E-state index in [0.717, 1.165) is 38.8 Å². The van der Waals surface area contributed by atoms with Crippen molar-refractivity contribution in [2.45, 2.75) is 38.4 Å². The number of hydrogen-bond donors (Lipinski definition) is 1. The van der Waals surface area contributed by atoms with Gasteiger partial charge in [-0.25, -0.2) is 9.97 Å². The van der Waals surface area contributed by atoms with E-state index in [0.29, 0.717) is 31.3 Å². The van der Waals surface area contributed by atoms with Crippen LogP contribution in [0.3, 0.4) is 0 Å². The summed E-state index contributed by atoms with van der Waals surface area (Å²) in [4.78, 5) is 22.7. The highest BCUT2D eigenvalue weighted by Gasteiger charge is 2.40. The summed E-state index contributed by atoms with van der Waals surface area (Å²) in [5.74, 6) is 0.147. The molecule has 0 radical (unpaired) electrons. The van der Waals surface area contributed by atoms with Gasteiger partial charge in [-0.3, -0.25) is 4.79 Å². The maximum Gasteiger partial charge on any atom is 0.254 e. The number of hydrogen-bond acceptors (Lipinski definition) is 6. The summed E-state index contributed by atoms with van der Waals surface area (Å²) in [5.41, 5.74) is 0.501. The fourth-order valence-corrected chi connectivity index (χ4v) is 2.92. The molecular weight excluding hydrogens is 296 g/mol. The third-order valence-electron chi connectivity index (χ3n) is 4.34. The van der Waals surface area contributed by atoms with Gasteiger partial charge in [-0.05, 0) is 6.42 Å². The van der Waals surface area contributed by atoms with Crippen LogP contribution >= 0.6 is 0 Å². The van der Waals surface area contributed by atoms with Crippen molar-refractivity contribution < 1.29 is 14.3 Å². The summed E-state index contributed by atoms with van der Waals surface area (Å²) in [6, 6.07) is 0. The van der Waals surface area contributed by atoms with Gasteiger partial charge in [0, 0.05) is 44.9 Å². The largest absolute Gasteiger partial charge is 0.352 e. The van der Waals surface area contributed by atoms with E-state index < -0.39 is 5.79 Å². The minimum Gasteiger partial charge on any atom is -0.352 e. The summed E-state index contributed by atoms with van der Waals surface area (Å²) in [6.07, 6.45) is 6.85. The number of anilines is 1. The Morgan fingerprint density at radius 3 is 2.52 bits per heavy atom. The van der Waals surface area contributed by atoms with Crippen LogP contribution in [0, 0.1) is 0 Å². The normalized spacial score (nSPS) is 20.0. The van der Waals surface area contributed by atoms with Gasteiger partial charge in [-0.1, -0.05) is 13.3 Å². The highest BCUT2D eigenvalue weighted by atomic mass is 16.7. The van der Waals surface area contributed by atoms with Gasteiger partial charge in [0.2, 0.25) is 5.95 Å². The quantitative estimate of drug-likeness (QED) is 0.825. The average Bonchev–Trinajstić information content (AvgIpc) is 3.04. The van der Waals surface area contributed by atoms with Crippen molar-refractivity contribution in [1.29, 1.82) is 0 Å². The number of ether oxygens (including phenoxy) is 2. The molecule has 1 aromatic heterocycles. The lowest BCUT2D eigenvalue weighted by atomic mass is 10.0. The molecule has 3 rings (SSSR count). The molecule has 23 heavy (non-hydrogen) atoms. The van der Waals surface area contributed by atoms with Crippen LogP contribution in [-0.4, -0.2) is 54.5 Å². The summed E-state index contributed by atoms with van der Waals surface area (Å²) < 4.78 is 11.4. The van der Waals surface area contributed by atoms with Gasteiger partial charge in [0.1, 0.15) is 0 Å². The molecule has 7 nitrogen and oxygen atoms in total. The number of carbonyl (C=O) groups is 1. The Morgan fingerprint density at radius 1 is 1.26 bits per heavy atom. The number of carbonyl (C=O) groups excluding carboxylic acids is 1. The molecule has 2 fully saturated rings. The molecule has 0 aromatic carbocycles. The number of aromatic nitrogens is 2. The Labute approximate surface area is 136 Å². The minimum atomic E-state index is -0.393. The zero-order chi connectivity index (χ0) is 16.1. The molecule has 0 unspecified atom stereocenters. The molecule has 1 amide bonds. The van der Waals surface area contributed by atoms with Gasteiger partial charge in [-0.2, -0.15) is 0 Å². The molecule has 0 bridgehead atoms. The number of rotatable bonds is 5. The molecule has 2 aliphatic heterocycles. The van der Waals surface area contributed by atoms with Crippen molar-refractivity contribution in [3.8, 4) is 0 Å². The molecular formula is C16H24N4O3. The molecule has 1 aromatic rings. The maximum atomic E-state index is 11.9. The van der Waals surface area contributed by atoms with E-state index in [-0.39, 0.29) is 5.91 Å². The van der Waals surface area contributed by atoms with Crippen LogP contribution < -0.4 is 10.2 Å². The Balaban J connectivity index is 1.54. The lowest BCUT2D eigenvalue weighted by molar-refractivity contribution is -0.169. The van der Waals surface area contributed by atoms with Crippen LogP contribution in [0.1, 0.15) is 43.0 Å². The summed E-state index contributed by atoms with van der Waals surface area (Å²) in [7, 11) is 0. The van der Waals surface area contributed by atoms with Crippen molar-refractivity contribution in [2.75, 3.05) is 37.7 Å². The number of nitrogens with one attached hydrogen (secondary N) is 1. The van der Waals surface area contributed by atoms with Gasteiger partial charge in [0.05, 0.1) is 18.8 Å². The molecule has 126 valence electrons. The van der Waals surface area contributed by atoms with Gasteiger partial charge in [-0.15, -0.1) is 0 Å². The number of piperidine rings is 1. The fourth-order valence-electron chi connectivity index (χ4n) is 2.92. The average molecular weight is 320 g/mol. The number of unbranched alkanes of at least 4 members (excludes halogenated alkanes) is 1. The van der Waals surface area contributed by atoms with Gasteiger partial charge in [0.25, 0.3) is 5.91 Å². The molecule has 1 N–H and O–H groups in total. The van der Waals surface area contributed by atoms with Crippen molar-refractivity contribution >= 4 is 11.9 Å². The summed E-state index contributed by atoms with van der Waals surface area (Å²) in [5, 5.41) is 2.87. The molecule has 7 heteroatoms. The zero-order valence-electron chi connectivity index (χ0n) is 13.6. The topological polar surface area (TPSA) is 76.6 Å². The predicted octanol–water partition coefficient (Wildman–Crippen LogP) is 1.35. The minimum absolute atomic E-state index is 0.115. The number of amides is 1. The van der Waals surface area contributed by atoms with Crippen LogP contribution in [0.4, 0.5) is 5.95 Å². The Hall–Kier alpha value is -1.73. The predicted molar refractivity (Wildman–Crippen MR) is 85.4 cm³/mol. The van der Waals surface area contributed by atoms with Crippen molar-refractivity contribution in [2.24, 2.45) is 0 Å². The second-order valence-corrected chi connectivity index (χ2v) is 5.98. The van der Waals surface area contributed by atoms with E-state index in [2.05, 4.69) is 27.1 Å². The van der Waals surface area contributed by atoms with Crippen molar-refractivity contribution in [3.63, 3.8) is 0 Å². The fraction of sp³-hybridized carbons (Fsp3) is 0.688. The first-order chi connectivity index (χ1) is 11.2. The Kier molecular flexibility index (Phi) is 5.07. The monoisotopic (exact) mass is 320 g/mol. The van der Waals surface area contributed by atoms with Gasteiger partial charge in [0.15, 0.2) is 5.79 Å². The zero-order valence-corrected chi connectivity index (χ0v) is 13.6. The Morgan fingerprint density at radius 2 is 1.91 bits per heavy atom. The highest BCUT2D eigenvalue weighted by molar-refractivity contribution is 5.93. The first-order valence-corrected chi connectivity index (χ1v) is 8.35. The Bertz CT molecular complexity index is 519. The van der Waals surface area contributed by atoms with Gasteiger partial charge < -0.3 is 19.7 Å². The van der Waals surface area contributed by atoms with Gasteiger partial charge >= 0.3 is 0 Å². The second kappa shape index (κ2) is 7.23. The third-order valence-corrected chi connectivity index (χ3v) is 4.34. The molecule has 0 saturated carbocycles. The number of nitrogens with zero attached hydrogens (tertiary/aromatic N) is 3. The SMILES string of the molecule is CCCCNC(=O)c1cnc(N2CCC3(CC2)OCCO3)nc1. The van der Waals surface area contributed by atoms with Crippen molar-refractivity contribution in [3.05, 3.63) is 18.0 Å². The molecule has 0 atom stereocenters. The van der Waals surface area contributed by atoms with E-state index >= 15 is 0 Å². The van der Waals surface area contributed by atoms with Crippen molar-refractivity contribution in [1.82, 2.24) is 15.3 Å². The van der Waals surface area contributed by atoms with E-state index in [9.17, 15) is 4.79 Å². The molecule has 0 aliphatic carbocycles. The smallest absolute Gasteiger partial charge is 0.254 e. The van der Waals surface area contributed by atoms with E-state index in [1.807, 2.05) is 0 Å². The highest BCUT2D eigenvalue weighted by Crippen LogP contribution is 2.32. The first kappa shape index (κ1) is 16.1. The molecule has 3 heterocycles. The lowest BCUT2D eigenvalue weighted by Gasteiger charge is -2.37. The van der Waals surface area contributed by atoms with E-state index in [1.165, 1.54) is 0 Å².